The van der Waals surface area contributed by atoms with Gasteiger partial charge >= 0.3 is 0 Å². The maximum atomic E-state index is 6.51. The molecule has 0 saturated carbocycles. The van der Waals surface area contributed by atoms with Crippen molar-refractivity contribution in [1.82, 2.24) is 4.98 Å². The van der Waals surface area contributed by atoms with Gasteiger partial charge in [-0.3, -0.25) is 0 Å². The van der Waals surface area contributed by atoms with Crippen LogP contribution in [0.2, 0.25) is 0 Å². The van der Waals surface area contributed by atoms with Crippen LogP contribution in [0.5, 0.6) is 5.75 Å². The first-order valence-electron chi connectivity index (χ1n) is 10.1. The van der Waals surface area contributed by atoms with Crippen LogP contribution < -0.4 is 4.74 Å². The largest absolute Gasteiger partial charge is 0.487 e. The number of hydrogen-bond acceptors (Lipinski definition) is 2. The highest BCUT2D eigenvalue weighted by Gasteiger charge is 2.19. The lowest BCUT2D eigenvalue weighted by molar-refractivity contribution is 0.311. The van der Waals surface area contributed by atoms with E-state index in [0.29, 0.717) is 6.61 Å². The van der Waals surface area contributed by atoms with Gasteiger partial charge in [-0.2, -0.15) is 0 Å². The fourth-order valence-corrected chi connectivity index (χ4v) is 3.74. The average molecular weight is 387 g/mol. The van der Waals surface area contributed by atoms with Crippen LogP contribution in [-0.4, -0.2) is 4.98 Å². The molecule has 144 valence electrons. The monoisotopic (exact) mass is 387 g/mol. The molecule has 0 bridgehead atoms. The van der Waals surface area contributed by atoms with E-state index in [4.69, 9.17) is 9.72 Å². The summed E-state index contributed by atoms with van der Waals surface area (Å²) < 4.78 is 6.51. The Balaban J connectivity index is 1.76. The molecule has 0 fully saturated rings. The van der Waals surface area contributed by atoms with Crippen LogP contribution in [0.25, 0.3) is 33.3 Å². The summed E-state index contributed by atoms with van der Waals surface area (Å²) in [6.07, 6.45) is 0. The standard InChI is InChI=1S/C28H21NO/c1-4-12-21(13-5-1)20-30-28-24-18-10-11-19-25(24)29-27(23-16-8-3-9-17-23)26(28)22-14-6-2-7-15-22/h1-19H,20H2. The molecule has 5 aromatic rings. The second kappa shape index (κ2) is 8.22. The molecule has 2 nitrogen and oxygen atoms in total. The van der Waals surface area contributed by atoms with Crippen molar-refractivity contribution in [3.63, 3.8) is 0 Å². The lowest BCUT2D eigenvalue weighted by Gasteiger charge is -2.18. The topological polar surface area (TPSA) is 22.1 Å². The number of hydrogen-bond donors (Lipinski definition) is 0. The quantitative estimate of drug-likeness (QED) is 0.319. The van der Waals surface area contributed by atoms with Gasteiger partial charge in [-0.1, -0.05) is 103 Å². The van der Waals surface area contributed by atoms with Gasteiger partial charge in [0.05, 0.1) is 16.8 Å². The second-order valence-electron chi connectivity index (χ2n) is 7.19. The number of benzene rings is 4. The van der Waals surface area contributed by atoms with Gasteiger partial charge in [0.2, 0.25) is 0 Å². The zero-order valence-corrected chi connectivity index (χ0v) is 16.5. The molecule has 0 spiro atoms. The number of aromatic nitrogens is 1. The summed E-state index contributed by atoms with van der Waals surface area (Å²) in [5.41, 5.74) is 6.20. The Labute approximate surface area is 176 Å². The van der Waals surface area contributed by atoms with Crippen LogP contribution in [0.4, 0.5) is 0 Å². The van der Waals surface area contributed by atoms with E-state index < -0.39 is 0 Å². The van der Waals surface area contributed by atoms with Gasteiger partial charge in [-0.25, -0.2) is 4.98 Å². The van der Waals surface area contributed by atoms with Crippen LogP contribution in [0, 0.1) is 0 Å². The molecular weight excluding hydrogens is 366 g/mol. The summed E-state index contributed by atoms with van der Waals surface area (Å²) in [5, 5.41) is 1.02. The Hall–Kier alpha value is -3.91. The maximum absolute atomic E-state index is 6.51. The maximum Gasteiger partial charge on any atom is 0.139 e. The second-order valence-corrected chi connectivity index (χ2v) is 7.19. The molecule has 4 aromatic carbocycles. The highest BCUT2D eigenvalue weighted by Crippen LogP contribution is 2.42. The number of fused-ring (bicyclic) bond motifs is 1. The van der Waals surface area contributed by atoms with E-state index in [2.05, 4.69) is 54.6 Å². The fourth-order valence-electron chi connectivity index (χ4n) is 3.74. The molecule has 5 rings (SSSR count). The van der Waals surface area contributed by atoms with Crippen molar-refractivity contribution in [3.8, 4) is 28.1 Å². The predicted molar refractivity (Wildman–Crippen MR) is 123 cm³/mol. The number of para-hydroxylation sites is 1. The zero-order valence-electron chi connectivity index (χ0n) is 16.5. The molecule has 0 aliphatic rings. The van der Waals surface area contributed by atoms with Gasteiger partial charge < -0.3 is 4.74 Å². The minimum Gasteiger partial charge on any atom is -0.487 e. The third-order valence-electron chi connectivity index (χ3n) is 5.18. The number of nitrogens with zero attached hydrogens (tertiary/aromatic N) is 1. The SMILES string of the molecule is c1ccc(COc2c(-c3ccccc3)c(-c3ccccc3)nc3ccccc23)cc1. The van der Waals surface area contributed by atoms with Gasteiger partial charge in [0.1, 0.15) is 12.4 Å². The molecule has 0 radical (unpaired) electrons. The van der Waals surface area contributed by atoms with E-state index in [-0.39, 0.29) is 0 Å². The summed E-state index contributed by atoms with van der Waals surface area (Å²) in [6, 6.07) is 39.2. The van der Waals surface area contributed by atoms with Gasteiger partial charge in [-0.15, -0.1) is 0 Å². The van der Waals surface area contributed by atoms with Crippen molar-refractivity contribution < 1.29 is 4.74 Å². The van der Waals surface area contributed by atoms with E-state index in [1.54, 1.807) is 0 Å². The predicted octanol–water partition coefficient (Wildman–Crippen LogP) is 7.15. The molecule has 0 amide bonds. The minimum atomic E-state index is 0.503. The van der Waals surface area contributed by atoms with Crippen LogP contribution in [0.3, 0.4) is 0 Å². The average Bonchev–Trinajstić information content (AvgIpc) is 2.83. The first-order valence-corrected chi connectivity index (χ1v) is 10.1. The van der Waals surface area contributed by atoms with E-state index in [0.717, 1.165) is 44.6 Å². The van der Waals surface area contributed by atoms with Gasteiger partial charge in [0.25, 0.3) is 0 Å². The summed E-state index contributed by atoms with van der Waals surface area (Å²) in [6.45, 7) is 0.503. The first kappa shape index (κ1) is 18.1. The molecule has 1 heterocycles. The molecule has 0 unspecified atom stereocenters. The summed E-state index contributed by atoms with van der Waals surface area (Å²) in [4.78, 5) is 5.06. The highest BCUT2D eigenvalue weighted by molar-refractivity contribution is 5.98. The Kier molecular flexibility index (Phi) is 4.97. The third-order valence-corrected chi connectivity index (χ3v) is 5.18. The molecule has 0 N–H and O–H groups in total. The molecule has 0 aliphatic carbocycles. The normalized spacial score (nSPS) is 10.8. The van der Waals surface area contributed by atoms with Crippen molar-refractivity contribution in [2.24, 2.45) is 0 Å². The fraction of sp³-hybridized carbons (Fsp3) is 0.0357. The van der Waals surface area contributed by atoms with E-state index in [1.807, 2.05) is 60.7 Å². The van der Waals surface area contributed by atoms with E-state index >= 15 is 0 Å². The lowest BCUT2D eigenvalue weighted by atomic mass is 9.96. The highest BCUT2D eigenvalue weighted by atomic mass is 16.5. The number of rotatable bonds is 5. The van der Waals surface area contributed by atoms with Crippen molar-refractivity contribution in [2.75, 3.05) is 0 Å². The van der Waals surface area contributed by atoms with Crippen molar-refractivity contribution in [3.05, 3.63) is 121 Å². The van der Waals surface area contributed by atoms with Crippen LogP contribution in [-0.2, 0) is 6.61 Å². The zero-order chi connectivity index (χ0) is 20.2. The van der Waals surface area contributed by atoms with Crippen molar-refractivity contribution in [2.45, 2.75) is 6.61 Å². The number of pyridine rings is 1. The Morgan fingerprint density at radius 1 is 0.567 bits per heavy atom. The molecule has 0 saturated heterocycles. The summed E-state index contributed by atoms with van der Waals surface area (Å²) >= 11 is 0. The Morgan fingerprint density at radius 2 is 1.13 bits per heavy atom. The van der Waals surface area contributed by atoms with Crippen molar-refractivity contribution in [1.29, 1.82) is 0 Å². The molecule has 1 aromatic heterocycles. The Morgan fingerprint density at radius 3 is 1.83 bits per heavy atom. The molecule has 0 aliphatic heterocycles. The van der Waals surface area contributed by atoms with Gasteiger partial charge in [0, 0.05) is 10.9 Å². The summed E-state index contributed by atoms with van der Waals surface area (Å²) in [7, 11) is 0. The third kappa shape index (κ3) is 3.56. The van der Waals surface area contributed by atoms with Crippen LogP contribution in [0.1, 0.15) is 5.56 Å². The lowest BCUT2D eigenvalue weighted by Crippen LogP contribution is -2.01. The molecular formula is C28H21NO. The molecule has 30 heavy (non-hydrogen) atoms. The summed E-state index contributed by atoms with van der Waals surface area (Å²) in [5.74, 6) is 0.870. The van der Waals surface area contributed by atoms with Crippen molar-refractivity contribution >= 4 is 10.9 Å². The Bertz CT molecular complexity index is 1270. The van der Waals surface area contributed by atoms with Crippen LogP contribution in [0.15, 0.2) is 115 Å². The van der Waals surface area contributed by atoms with E-state index in [9.17, 15) is 0 Å². The van der Waals surface area contributed by atoms with Gasteiger partial charge in [0.15, 0.2) is 0 Å². The smallest absolute Gasteiger partial charge is 0.139 e. The molecule has 0 atom stereocenters. The molecule has 2 heteroatoms. The van der Waals surface area contributed by atoms with Crippen LogP contribution >= 0.6 is 0 Å². The first-order chi connectivity index (χ1) is 14.9. The van der Waals surface area contributed by atoms with E-state index in [1.165, 1.54) is 0 Å². The van der Waals surface area contributed by atoms with Gasteiger partial charge in [-0.05, 0) is 23.3 Å². The number of ether oxygens (including phenoxy) is 1. The minimum absolute atomic E-state index is 0.503.